The number of guanidine groups is 1. The topological polar surface area (TPSA) is 198 Å². The van der Waals surface area contributed by atoms with Crippen LogP contribution in [0.4, 0.5) is 4.79 Å². The Morgan fingerprint density at radius 1 is 1.28 bits per heavy atom. The predicted molar refractivity (Wildman–Crippen MR) is 76.8 cm³/mol. The lowest BCUT2D eigenvalue weighted by molar-refractivity contribution is -0.420. The van der Waals surface area contributed by atoms with Crippen LogP contribution in [0.3, 0.4) is 0 Å². The first-order valence-corrected chi connectivity index (χ1v) is 7.05. The monoisotopic (exact) mass is 356 g/mol. The summed E-state index contributed by atoms with van der Waals surface area (Å²) in [6.07, 6.45) is -5.84. The van der Waals surface area contributed by atoms with E-state index in [1.807, 2.05) is 0 Å². The van der Waals surface area contributed by atoms with E-state index < -0.39 is 67.3 Å². The Kier molecular flexibility index (Phi) is 4.08. The van der Waals surface area contributed by atoms with E-state index in [1.165, 1.54) is 0 Å². The molecule has 0 spiro atoms. The molecular weight excluding hydrogens is 342 g/mol. The van der Waals surface area contributed by atoms with Crippen LogP contribution in [-0.4, -0.2) is 103 Å². The highest BCUT2D eigenvalue weighted by molar-refractivity contribution is 6.69. The Balaban J connectivity index is 2.05. The van der Waals surface area contributed by atoms with Crippen LogP contribution in [-0.2, 0) is 14.3 Å². The number of amides is 3. The Hall–Kier alpha value is -2.74. The number of ether oxygens (including phenoxy) is 1. The first-order valence-electron chi connectivity index (χ1n) is 7.05. The van der Waals surface area contributed by atoms with Gasteiger partial charge >= 0.3 is 17.9 Å². The van der Waals surface area contributed by atoms with Crippen LogP contribution in [0.1, 0.15) is 0 Å². The van der Waals surface area contributed by atoms with Crippen molar-refractivity contribution in [1.82, 2.24) is 4.90 Å². The molecular formula is C12H14N5O8+. The average molecular weight is 356 g/mol. The van der Waals surface area contributed by atoms with E-state index in [4.69, 9.17) is 20.7 Å². The molecule has 3 aliphatic rings. The molecule has 0 aromatic rings. The van der Waals surface area contributed by atoms with Crippen molar-refractivity contribution in [2.45, 2.75) is 24.5 Å². The van der Waals surface area contributed by atoms with Gasteiger partial charge in [-0.2, -0.15) is 19.4 Å². The number of nitrogens with zero attached hydrogens (tertiary/aromatic N) is 4. The summed E-state index contributed by atoms with van der Waals surface area (Å²) in [5, 5.41) is 38.1. The second-order valence-corrected chi connectivity index (χ2v) is 5.42. The molecule has 25 heavy (non-hydrogen) atoms. The summed E-state index contributed by atoms with van der Waals surface area (Å²) in [7, 11) is 0. The van der Waals surface area contributed by atoms with E-state index in [0.29, 0.717) is 9.48 Å². The van der Waals surface area contributed by atoms with Gasteiger partial charge in [0.15, 0.2) is 6.54 Å². The molecule has 1 fully saturated rings. The second-order valence-electron chi connectivity index (χ2n) is 5.42. The van der Waals surface area contributed by atoms with Crippen molar-refractivity contribution in [2.24, 2.45) is 15.7 Å². The third-order valence-electron chi connectivity index (χ3n) is 3.85. The van der Waals surface area contributed by atoms with Gasteiger partial charge in [-0.3, -0.25) is 4.79 Å². The van der Waals surface area contributed by atoms with Crippen LogP contribution in [0.5, 0.6) is 0 Å². The second kappa shape index (κ2) is 5.96. The number of fused-ring (bicyclic) bond motifs is 1. The van der Waals surface area contributed by atoms with E-state index in [0.717, 1.165) is 0 Å². The van der Waals surface area contributed by atoms with Gasteiger partial charge in [0.25, 0.3) is 11.5 Å². The van der Waals surface area contributed by atoms with E-state index in [1.54, 1.807) is 0 Å². The van der Waals surface area contributed by atoms with Crippen LogP contribution < -0.4 is 5.73 Å². The summed E-state index contributed by atoms with van der Waals surface area (Å²) in [4.78, 5) is 43.5. The van der Waals surface area contributed by atoms with E-state index in [-0.39, 0.29) is 5.84 Å². The fourth-order valence-corrected chi connectivity index (χ4v) is 2.76. The van der Waals surface area contributed by atoms with Gasteiger partial charge in [-0.25, -0.2) is 4.79 Å². The van der Waals surface area contributed by atoms with Crippen molar-refractivity contribution < 1.29 is 44.1 Å². The highest BCUT2D eigenvalue weighted by Gasteiger charge is 2.60. The molecule has 6 N–H and O–H groups in total. The van der Waals surface area contributed by atoms with Crippen LogP contribution in [0.25, 0.3) is 0 Å². The molecule has 0 saturated carbocycles. The smallest absolute Gasteiger partial charge is 0.478 e. The Bertz CT molecular complexity index is 759. The predicted octanol–water partition coefficient (Wildman–Crippen LogP) is -4.35. The molecule has 3 rings (SSSR count). The molecule has 13 heteroatoms. The van der Waals surface area contributed by atoms with Crippen LogP contribution in [0.15, 0.2) is 9.98 Å². The summed E-state index contributed by atoms with van der Waals surface area (Å²) >= 11 is 0. The number of hydrogen-bond acceptors (Lipinski definition) is 9. The molecule has 134 valence electrons. The van der Waals surface area contributed by atoms with Crippen molar-refractivity contribution in [3.8, 4) is 0 Å². The Labute approximate surface area is 139 Å². The lowest BCUT2D eigenvalue weighted by Crippen LogP contribution is -2.50. The molecule has 13 nitrogen and oxygen atoms in total. The third kappa shape index (κ3) is 2.58. The number of amidine groups is 1. The number of aliphatic imine (C=N–C) groups is 2. The number of urea groups is 1. The third-order valence-corrected chi connectivity index (χ3v) is 3.85. The molecule has 0 aromatic carbocycles. The Morgan fingerprint density at radius 2 is 1.96 bits per heavy atom. The molecule has 0 radical (unpaired) electrons. The summed E-state index contributed by atoms with van der Waals surface area (Å²) in [5.74, 6) is -3.20. The van der Waals surface area contributed by atoms with Gasteiger partial charge in [-0.15, -0.1) is 4.90 Å². The van der Waals surface area contributed by atoms with Gasteiger partial charge in [0, 0.05) is 0 Å². The highest BCUT2D eigenvalue weighted by atomic mass is 16.6. The fraction of sp³-hybridized carbons (Fsp3) is 0.500. The summed E-state index contributed by atoms with van der Waals surface area (Å²) < 4.78 is 5.86. The molecule has 1 saturated heterocycles. The average Bonchev–Trinajstić information content (AvgIpc) is 2.95. The van der Waals surface area contributed by atoms with Crippen molar-refractivity contribution in [1.29, 1.82) is 0 Å². The SMILES string of the molecule is NC1=NC(=O)C2=[N+](CC(=O)O)C(=O)N([C@@H]3O[C@H](CO)[C@@H](O)[C@H]3O)C2=N1. The minimum absolute atomic E-state index is 0.349. The number of nitrogens with two attached hydrogens (primary N) is 1. The van der Waals surface area contributed by atoms with Gasteiger partial charge in [0.05, 0.1) is 6.61 Å². The van der Waals surface area contributed by atoms with Crippen molar-refractivity contribution in [2.75, 3.05) is 13.2 Å². The zero-order valence-corrected chi connectivity index (χ0v) is 12.5. The zero-order valence-electron chi connectivity index (χ0n) is 12.5. The summed E-state index contributed by atoms with van der Waals surface area (Å²) in [6.45, 7) is -1.50. The number of aliphatic hydroxyl groups excluding tert-OH is 3. The number of carboxylic acid groups (broad SMARTS) is 1. The summed E-state index contributed by atoms with van der Waals surface area (Å²) in [5.41, 5.74) is 4.98. The van der Waals surface area contributed by atoms with Gasteiger partial charge in [0.2, 0.25) is 12.2 Å². The number of carboxylic acids is 1. The van der Waals surface area contributed by atoms with Gasteiger partial charge in [0.1, 0.15) is 18.3 Å². The van der Waals surface area contributed by atoms with Crippen molar-refractivity contribution in [3.63, 3.8) is 0 Å². The summed E-state index contributed by atoms with van der Waals surface area (Å²) in [6, 6.07) is -1.02. The quantitative estimate of drug-likeness (QED) is 0.309. The first kappa shape index (κ1) is 17.1. The number of carbonyl (C=O) groups is 3. The molecule has 0 aliphatic carbocycles. The van der Waals surface area contributed by atoms with Crippen LogP contribution in [0, 0.1) is 0 Å². The molecule has 0 bridgehead atoms. The molecule has 0 aromatic heterocycles. The highest BCUT2D eigenvalue weighted by Crippen LogP contribution is 2.28. The standard InChI is InChI=1S/C12H13N5O8/c13-11-14-8-5(9(23)15-11)16(1-4(19)20)12(24)17(8)10-7(22)6(21)3(2-18)25-10/h3,6-7,10,18,21-22H,1-2H2,(H2-,13,15,19,20,23)/p+1/t3-,6-,7-,10-/m1/s1. The molecule has 3 aliphatic heterocycles. The first-order chi connectivity index (χ1) is 11.8. The lowest BCUT2D eigenvalue weighted by atomic mass is 10.1. The maximum Gasteiger partial charge on any atom is 0.503 e. The normalized spacial score (nSPS) is 32.0. The van der Waals surface area contributed by atoms with Gasteiger partial charge in [-0.1, -0.05) is 0 Å². The number of carbonyl (C=O) groups excluding carboxylic acids is 2. The van der Waals surface area contributed by atoms with E-state index >= 15 is 0 Å². The van der Waals surface area contributed by atoms with Gasteiger partial charge in [-0.05, 0) is 0 Å². The number of aliphatic hydroxyl groups is 3. The van der Waals surface area contributed by atoms with Crippen LogP contribution in [0.2, 0.25) is 0 Å². The van der Waals surface area contributed by atoms with Crippen molar-refractivity contribution in [3.05, 3.63) is 0 Å². The number of hydrogen-bond donors (Lipinski definition) is 5. The fourth-order valence-electron chi connectivity index (χ4n) is 2.76. The Morgan fingerprint density at radius 3 is 2.52 bits per heavy atom. The molecule has 4 atom stereocenters. The molecule has 0 unspecified atom stereocenters. The van der Waals surface area contributed by atoms with Gasteiger partial charge < -0.3 is 30.9 Å². The maximum absolute atomic E-state index is 12.6. The minimum Gasteiger partial charge on any atom is -0.478 e. The van der Waals surface area contributed by atoms with E-state index in [2.05, 4.69) is 9.98 Å². The van der Waals surface area contributed by atoms with E-state index in [9.17, 15) is 24.6 Å². The number of aliphatic carboxylic acids is 1. The zero-order chi connectivity index (χ0) is 18.5. The maximum atomic E-state index is 12.6. The van der Waals surface area contributed by atoms with Crippen LogP contribution >= 0.6 is 0 Å². The molecule has 3 amide bonds. The molecule has 3 heterocycles. The lowest BCUT2D eigenvalue weighted by Gasteiger charge is -2.19. The van der Waals surface area contributed by atoms with Crippen molar-refractivity contribution >= 4 is 35.4 Å². The largest absolute Gasteiger partial charge is 0.503 e. The minimum atomic E-state index is -1.63. The number of rotatable bonds is 4.